The molecular formula is C19H11Cl2N3O2. The zero-order valence-electron chi connectivity index (χ0n) is 13.3. The number of benzene rings is 2. The molecular weight excluding hydrogens is 373 g/mol. The lowest BCUT2D eigenvalue weighted by Gasteiger charge is -2.12. The van der Waals surface area contributed by atoms with Crippen molar-refractivity contribution in [2.24, 2.45) is 0 Å². The van der Waals surface area contributed by atoms with Crippen molar-refractivity contribution in [2.45, 2.75) is 0 Å². The maximum Gasteiger partial charge on any atom is 0.231 e. The molecule has 0 aliphatic carbocycles. The first-order chi connectivity index (χ1) is 12.6. The van der Waals surface area contributed by atoms with Gasteiger partial charge < -0.3 is 15.2 Å². The number of pyridine rings is 1. The van der Waals surface area contributed by atoms with Gasteiger partial charge in [0.25, 0.3) is 0 Å². The standard InChI is InChI=1S/C19H11Cl2N3O2/c20-11-2-3-12(15(21)6-11)16-7-13(14(8-22)19(23)24-16)10-1-4-17-18(5-10)26-9-25-17/h1-7H,9H2,(H2,23,24). The number of nitrogens with zero attached hydrogens (tertiary/aromatic N) is 2. The topological polar surface area (TPSA) is 81.2 Å². The van der Waals surface area contributed by atoms with Crippen LogP contribution in [0.4, 0.5) is 5.82 Å². The summed E-state index contributed by atoms with van der Waals surface area (Å²) in [5.74, 6) is 1.41. The van der Waals surface area contributed by atoms with Crippen LogP contribution in [-0.2, 0) is 0 Å². The lowest BCUT2D eigenvalue weighted by atomic mass is 9.98. The summed E-state index contributed by atoms with van der Waals surface area (Å²) >= 11 is 12.3. The van der Waals surface area contributed by atoms with E-state index in [9.17, 15) is 5.26 Å². The van der Waals surface area contributed by atoms with Crippen LogP contribution in [0.25, 0.3) is 22.4 Å². The quantitative estimate of drug-likeness (QED) is 0.679. The van der Waals surface area contributed by atoms with E-state index < -0.39 is 0 Å². The van der Waals surface area contributed by atoms with Gasteiger partial charge in [0, 0.05) is 16.1 Å². The molecule has 1 aliphatic heterocycles. The fourth-order valence-corrected chi connectivity index (χ4v) is 3.31. The molecule has 0 spiro atoms. The molecule has 2 heterocycles. The summed E-state index contributed by atoms with van der Waals surface area (Å²) in [6, 6.07) is 14.5. The third-order valence-electron chi connectivity index (χ3n) is 4.05. The molecule has 5 nitrogen and oxygen atoms in total. The fourth-order valence-electron chi connectivity index (χ4n) is 2.81. The van der Waals surface area contributed by atoms with Crippen molar-refractivity contribution < 1.29 is 9.47 Å². The Morgan fingerprint density at radius 1 is 1.00 bits per heavy atom. The minimum atomic E-state index is 0.128. The van der Waals surface area contributed by atoms with E-state index in [1.165, 1.54) is 0 Å². The zero-order chi connectivity index (χ0) is 18.3. The molecule has 7 heteroatoms. The molecule has 0 unspecified atom stereocenters. The van der Waals surface area contributed by atoms with Crippen LogP contribution in [0.2, 0.25) is 10.0 Å². The van der Waals surface area contributed by atoms with E-state index in [-0.39, 0.29) is 18.2 Å². The lowest BCUT2D eigenvalue weighted by molar-refractivity contribution is 0.174. The molecule has 3 aromatic rings. The average Bonchev–Trinajstić information content (AvgIpc) is 3.08. The van der Waals surface area contributed by atoms with Crippen LogP contribution < -0.4 is 15.2 Å². The summed E-state index contributed by atoms with van der Waals surface area (Å²) in [6.07, 6.45) is 0. The highest BCUT2D eigenvalue weighted by Crippen LogP contribution is 2.39. The highest BCUT2D eigenvalue weighted by molar-refractivity contribution is 6.36. The number of nitriles is 1. The van der Waals surface area contributed by atoms with E-state index >= 15 is 0 Å². The Balaban J connectivity index is 1.91. The largest absolute Gasteiger partial charge is 0.454 e. The fraction of sp³-hybridized carbons (Fsp3) is 0.0526. The summed E-state index contributed by atoms with van der Waals surface area (Å²) in [4.78, 5) is 4.34. The van der Waals surface area contributed by atoms with Crippen LogP contribution in [0.3, 0.4) is 0 Å². The molecule has 0 saturated carbocycles. The minimum Gasteiger partial charge on any atom is -0.454 e. The highest BCUT2D eigenvalue weighted by atomic mass is 35.5. The van der Waals surface area contributed by atoms with Gasteiger partial charge in [-0.1, -0.05) is 29.3 Å². The normalized spacial score (nSPS) is 12.0. The molecule has 4 rings (SSSR count). The Kier molecular flexibility index (Phi) is 4.08. The smallest absolute Gasteiger partial charge is 0.231 e. The molecule has 0 bridgehead atoms. The van der Waals surface area contributed by atoms with Crippen LogP contribution >= 0.6 is 23.2 Å². The number of halogens is 2. The SMILES string of the molecule is N#Cc1c(-c2ccc3c(c2)OCO3)cc(-c2ccc(Cl)cc2Cl)nc1N. The predicted octanol–water partition coefficient (Wildman–Crippen LogP) is 4.90. The van der Waals surface area contributed by atoms with E-state index in [0.717, 1.165) is 5.56 Å². The van der Waals surface area contributed by atoms with Gasteiger partial charge >= 0.3 is 0 Å². The Hall–Kier alpha value is -2.94. The number of nitrogen functional groups attached to an aromatic ring is 1. The van der Waals surface area contributed by atoms with Crippen LogP contribution in [0.5, 0.6) is 11.5 Å². The summed E-state index contributed by atoms with van der Waals surface area (Å²) in [5, 5.41) is 10.5. The van der Waals surface area contributed by atoms with Gasteiger partial charge in [0.15, 0.2) is 11.5 Å². The predicted molar refractivity (Wildman–Crippen MR) is 100 cm³/mol. The molecule has 0 fully saturated rings. The summed E-state index contributed by atoms with van der Waals surface area (Å²) in [6.45, 7) is 0.175. The van der Waals surface area contributed by atoms with E-state index in [0.29, 0.717) is 38.4 Å². The third-order valence-corrected chi connectivity index (χ3v) is 4.60. The molecule has 0 saturated heterocycles. The zero-order valence-corrected chi connectivity index (χ0v) is 14.8. The monoisotopic (exact) mass is 383 g/mol. The van der Waals surface area contributed by atoms with Crippen molar-refractivity contribution in [1.82, 2.24) is 4.98 Å². The Labute approximate surface area is 159 Å². The van der Waals surface area contributed by atoms with E-state index in [2.05, 4.69) is 11.1 Å². The summed E-state index contributed by atoms with van der Waals surface area (Å²) in [5.41, 5.74) is 8.97. The number of anilines is 1. The van der Waals surface area contributed by atoms with Gasteiger partial charge in [0.2, 0.25) is 6.79 Å². The van der Waals surface area contributed by atoms with Crippen molar-refractivity contribution in [3.8, 4) is 40.0 Å². The maximum absolute atomic E-state index is 9.54. The van der Waals surface area contributed by atoms with Crippen molar-refractivity contribution in [3.63, 3.8) is 0 Å². The Morgan fingerprint density at radius 2 is 1.81 bits per heavy atom. The highest BCUT2D eigenvalue weighted by Gasteiger charge is 2.18. The van der Waals surface area contributed by atoms with Gasteiger partial charge in [-0.2, -0.15) is 5.26 Å². The van der Waals surface area contributed by atoms with Gasteiger partial charge in [-0.3, -0.25) is 0 Å². The van der Waals surface area contributed by atoms with Gasteiger partial charge in [-0.25, -0.2) is 4.98 Å². The second-order valence-electron chi connectivity index (χ2n) is 5.62. The molecule has 128 valence electrons. The van der Waals surface area contributed by atoms with Gasteiger partial charge in [0.05, 0.1) is 10.7 Å². The molecule has 1 aromatic heterocycles. The number of fused-ring (bicyclic) bond motifs is 1. The van der Waals surface area contributed by atoms with Crippen molar-refractivity contribution in [2.75, 3.05) is 12.5 Å². The Morgan fingerprint density at radius 3 is 2.58 bits per heavy atom. The Bertz CT molecular complexity index is 1080. The number of nitrogens with two attached hydrogens (primary N) is 1. The minimum absolute atomic E-state index is 0.128. The second kappa shape index (κ2) is 6.41. The average molecular weight is 384 g/mol. The van der Waals surface area contributed by atoms with Crippen molar-refractivity contribution in [1.29, 1.82) is 5.26 Å². The van der Waals surface area contributed by atoms with Gasteiger partial charge in [-0.15, -0.1) is 0 Å². The summed E-state index contributed by atoms with van der Waals surface area (Å²) < 4.78 is 10.8. The lowest BCUT2D eigenvalue weighted by Crippen LogP contribution is -2.00. The van der Waals surface area contributed by atoms with Gasteiger partial charge in [0.1, 0.15) is 17.5 Å². The molecule has 0 atom stereocenters. The molecule has 1 aliphatic rings. The van der Waals surface area contributed by atoms with E-state index in [1.54, 1.807) is 30.3 Å². The second-order valence-corrected chi connectivity index (χ2v) is 6.46. The van der Waals surface area contributed by atoms with Crippen LogP contribution in [0.1, 0.15) is 5.56 Å². The first-order valence-corrected chi connectivity index (χ1v) is 8.38. The number of ether oxygens (including phenoxy) is 2. The number of rotatable bonds is 2. The third kappa shape index (κ3) is 2.80. The van der Waals surface area contributed by atoms with Crippen LogP contribution in [0.15, 0.2) is 42.5 Å². The van der Waals surface area contributed by atoms with E-state index in [1.807, 2.05) is 12.1 Å². The van der Waals surface area contributed by atoms with Crippen molar-refractivity contribution >= 4 is 29.0 Å². The van der Waals surface area contributed by atoms with Crippen LogP contribution in [0, 0.1) is 11.3 Å². The first-order valence-electron chi connectivity index (χ1n) is 7.63. The molecule has 26 heavy (non-hydrogen) atoms. The van der Waals surface area contributed by atoms with Crippen LogP contribution in [-0.4, -0.2) is 11.8 Å². The maximum atomic E-state index is 9.54. The number of hydrogen-bond acceptors (Lipinski definition) is 5. The first kappa shape index (κ1) is 16.5. The summed E-state index contributed by atoms with van der Waals surface area (Å²) in [7, 11) is 0. The van der Waals surface area contributed by atoms with Crippen molar-refractivity contribution in [3.05, 3.63) is 58.1 Å². The number of hydrogen-bond donors (Lipinski definition) is 1. The molecule has 2 aromatic carbocycles. The molecule has 0 amide bonds. The molecule has 2 N–H and O–H groups in total. The number of aromatic nitrogens is 1. The van der Waals surface area contributed by atoms with E-state index in [4.69, 9.17) is 38.4 Å². The van der Waals surface area contributed by atoms with Gasteiger partial charge in [-0.05, 0) is 42.0 Å². The molecule has 0 radical (unpaired) electrons.